The third-order valence-corrected chi connectivity index (χ3v) is 3.73. The molecule has 0 saturated carbocycles. The number of anilines is 1. The van der Waals surface area contributed by atoms with Gasteiger partial charge in [-0.15, -0.1) is 0 Å². The molecule has 23 heavy (non-hydrogen) atoms. The van der Waals surface area contributed by atoms with Gasteiger partial charge in [0.15, 0.2) is 5.82 Å². The van der Waals surface area contributed by atoms with E-state index in [9.17, 15) is 13.2 Å². The van der Waals surface area contributed by atoms with Gasteiger partial charge >= 0.3 is 6.18 Å². The largest absolute Gasteiger partial charge is 0.433 e. The van der Waals surface area contributed by atoms with E-state index in [2.05, 4.69) is 25.1 Å². The average Bonchev–Trinajstić information content (AvgIpc) is 2.92. The van der Waals surface area contributed by atoms with Crippen LogP contribution in [-0.2, 0) is 12.7 Å². The number of halogens is 3. The van der Waals surface area contributed by atoms with E-state index in [1.807, 2.05) is 11.8 Å². The molecule has 0 amide bonds. The van der Waals surface area contributed by atoms with Gasteiger partial charge in [-0.2, -0.15) is 18.3 Å². The molecule has 1 N–H and O–H groups in total. The second kappa shape index (κ2) is 6.15. The fourth-order valence-electron chi connectivity index (χ4n) is 2.55. The van der Waals surface area contributed by atoms with Crippen LogP contribution in [0.4, 0.5) is 19.0 Å². The van der Waals surface area contributed by atoms with Crippen molar-refractivity contribution in [3.05, 3.63) is 35.5 Å². The van der Waals surface area contributed by atoms with E-state index >= 15 is 0 Å². The minimum absolute atomic E-state index is 0.369. The quantitative estimate of drug-likeness (QED) is 0.933. The van der Waals surface area contributed by atoms with E-state index in [0.717, 1.165) is 30.8 Å². The first-order valence-corrected chi connectivity index (χ1v) is 7.31. The van der Waals surface area contributed by atoms with Crippen molar-refractivity contribution in [3.63, 3.8) is 0 Å². The van der Waals surface area contributed by atoms with Crippen LogP contribution in [0.25, 0.3) is 0 Å². The maximum Gasteiger partial charge on any atom is 0.433 e. The van der Waals surface area contributed by atoms with Crippen molar-refractivity contribution < 1.29 is 13.2 Å². The standard InChI is InChI=1S/C14H17F3N6/c1-10-18-12(21-20-10)9-22-5-7-23(8-6-22)13-4-2-3-11(19-13)14(15,16)17/h2-4H,5-9H2,1H3,(H,18,20,21). The molecule has 3 rings (SSSR count). The fourth-order valence-corrected chi connectivity index (χ4v) is 2.55. The summed E-state index contributed by atoms with van der Waals surface area (Å²) in [7, 11) is 0. The third-order valence-electron chi connectivity index (χ3n) is 3.73. The molecule has 1 fully saturated rings. The molecular weight excluding hydrogens is 309 g/mol. The number of nitrogens with zero attached hydrogens (tertiary/aromatic N) is 5. The van der Waals surface area contributed by atoms with Crippen LogP contribution in [0.2, 0.25) is 0 Å². The van der Waals surface area contributed by atoms with Gasteiger partial charge in [0.1, 0.15) is 17.3 Å². The van der Waals surface area contributed by atoms with Gasteiger partial charge in [0.2, 0.25) is 0 Å². The van der Waals surface area contributed by atoms with Crippen LogP contribution >= 0.6 is 0 Å². The molecule has 0 aliphatic carbocycles. The number of aryl methyl sites for hydroxylation is 1. The van der Waals surface area contributed by atoms with Crippen molar-refractivity contribution in [3.8, 4) is 0 Å². The number of hydrogen-bond donors (Lipinski definition) is 1. The molecular formula is C14H17F3N6. The summed E-state index contributed by atoms with van der Waals surface area (Å²) in [5.74, 6) is 1.87. The first kappa shape index (κ1) is 15.7. The molecule has 0 radical (unpaired) electrons. The lowest BCUT2D eigenvalue weighted by atomic mass is 10.2. The lowest BCUT2D eigenvalue weighted by molar-refractivity contribution is -0.141. The number of aromatic nitrogens is 4. The summed E-state index contributed by atoms with van der Waals surface area (Å²) in [6.07, 6.45) is -4.42. The molecule has 9 heteroatoms. The van der Waals surface area contributed by atoms with Gasteiger partial charge in [0.05, 0.1) is 6.54 Å². The number of H-pyrrole nitrogens is 1. The molecule has 2 aromatic rings. The molecule has 3 heterocycles. The van der Waals surface area contributed by atoms with E-state index in [1.54, 1.807) is 6.07 Å². The molecule has 0 atom stereocenters. The highest BCUT2D eigenvalue weighted by molar-refractivity contribution is 5.40. The van der Waals surface area contributed by atoms with Crippen molar-refractivity contribution in [1.82, 2.24) is 25.1 Å². The monoisotopic (exact) mass is 326 g/mol. The van der Waals surface area contributed by atoms with E-state index in [0.29, 0.717) is 25.5 Å². The van der Waals surface area contributed by atoms with Crippen LogP contribution in [-0.4, -0.2) is 51.2 Å². The molecule has 0 unspecified atom stereocenters. The van der Waals surface area contributed by atoms with Crippen molar-refractivity contribution >= 4 is 5.82 Å². The van der Waals surface area contributed by atoms with Crippen molar-refractivity contribution in [2.24, 2.45) is 0 Å². The summed E-state index contributed by atoms with van der Waals surface area (Å²) in [4.78, 5) is 12.0. The minimum atomic E-state index is -4.42. The predicted molar refractivity (Wildman–Crippen MR) is 77.8 cm³/mol. The maximum absolute atomic E-state index is 12.7. The van der Waals surface area contributed by atoms with E-state index < -0.39 is 11.9 Å². The Morgan fingerprint density at radius 2 is 1.87 bits per heavy atom. The fraction of sp³-hybridized carbons (Fsp3) is 0.500. The number of rotatable bonds is 3. The Kier molecular flexibility index (Phi) is 4.20. The van der Waals surface area contributed by atoms with Crippen molar-refractivity contribution in [2.45, 2.75) is 19.6 Å². The number of alkyl halides is 3. The Labute approximate surface area is 131 Å². The Balaban J connectivity index is 1.60. The Bertz CT molecular complexity index is 661. The number of piperazine rings is 1. The molecule has 1 aliphatic rings. The minimum Gasteiger partial charge on any atom is -0.354 e. The Morgan fingerprint density at radius 1 is 1.13 bits per heavy atom. The van der Waals surface area contributed by atoms with Gasteiger partial charge in [-0.3, -0.25) is 10.00 Å². The van der Waals surface area contributed by atoms with Gasteiger partial charge in [0, 0.05) is 26.2 Å². The zero-order chi connectivity index (χ0) is 16.4. The van der Waals surface area contributed by atoms with Crippen LogP contribution in [0.15, 0.2) is 18.2 Å². The van der Waals surface area contributed by atoms with Crippen LogP contribution in [0, 0.1) is 6.92 Å². The molecule has 0 bridgehead atoms. The zero-order valence-corrected chi connectivity index (χ0v) is 12.6. The summed E-state index contributed by atoms with van der Waals surface area (Å²) in [5.41, 5.74) is -0.853. The zero-order valence-electron chi connectivity index (χ0n) is 12.6. The molecule has 124 valence electrons. The number of pyridine rings is 1. The molecule has 1 saturated heterocycles. The SMILES string of the molecule is Cc1nc(CN2CCN(c3cccc(C(F)(F)F)n3)CC2)n[nH]1. The molecule has 0 spiro atoms. The predicted octanol–water partition coefficient (Wildman–Crippen LogP) is 1.85. The number of hydrogen-bond acceptors (Lipinski definition) is 5. The second-order valence-corrected chi connectivity index (χ2v) is 5.48. The van der Waals surface area contributed by atoms with Gasteiger partial charge in [-0.1, -0.05) is 6.07 Å². The smallest absolute Gasteiger partial charge is 0.354 e. The summed E-state index contributed by atoms with van der Waals surface area (Å²) in [5, 5.41) is 6.90. The normalized spacial score (nSPS) is 16.8. The highest BCUT2D eigenvalue weighted by Crippen LogP contribution is 2.29. The van der Waals surface area contributed by atoms with Crippen LogP contribution in [0.3, 0.4) is 0 Å². The summed E-state index contributed by atoms with van der Waals surface area (Å²) in [6, 6.07) is 4.00. The van der Waals surface area contributed by atoms with Gasteiger partial charge in [-0.25, -0.2) is 9.97 Å². The Hall–Kier alpha value is -2.16. The average molecular weight is 326 g/mol. The Morgan fingerprint density at radius 3 is 2.48 bits per heavy atom. The summed E-state index contributed by atoms with van der Waals surface area (Å²) < 4.78 is 38.2. The van der Waals surface area contributed by atoms with E-state index in [4.69, 9.17) is 0 Å². The topological polar surface area (TPSA) is 60.9 Å². The highest BCUT2D eigenvalue weighted by atomic mass is 19.4. The van der Waals surface area contributed by atoms with Gasteiger partial charge in [0.25, 0.3) is 0 Å². The molecule has 1 aliphatic heterocycles. The van der Waals surface area contributed by atoms with E-state index in [-0.39, 0.29) is 0 Å². The lowest BCUT2D eigenvalue weighted by Crippen LogP contribution is -2.46. The number of aromatic amines is 1. The van der Waals surface area contributed by atoms with Crippen molar-refractivity contribution in [1.29, 1.82) is 0 Å². The van der Waals surface area contributed by atoms with Gasteiger partial charge in [-0.05, 0) is 19.1 Å². The highest BCUT2D eigenvalue weighted by Gasteiger charge is 2.33. The third kappa shape index (κ3) is 3.79. The second-order valence-electron chi connectivity index (χ2n) is 5.48. The molecule has 6 nitrogen and oxygen atoms in total. The first-order valence-electron chi connectivity index (χ1n) is 7.31. The molecule has 0 aromatic carbocycles. The number of nitrogens with one attached hydrogen (secondary N) is 1. The summed E-state index contributed by atoms with van der Waals surface area (Å²) >= 11 is 0. The maximum atomic E-state index is 12.7. The van der Waals surface area contributed by atoms with Crippen molar-refractivity contribution in [2.75, 3.05) is 31.1 Å². The van der Waals surface area contributed by atoms with Crippen LogP contribution in [0.1, 0.15) is 17.3 Å². The van der Waals surface area contributed by atoms with E-state index in [1.165, 1.54) is 6.07 Å². The first-order chi connectivity index (χ1) is 10.9. The molecule has 2 aromatic heterocycles. The lowest BCUT2D eigenvalue weighted by Gasteiger charge is -2.35. The summed E-state index contributed by atoms with van der Waals surface area (Å²) in [6.45, 7) is 5.18. The van der Waals surface area contributed by atoms with Crippen LogP contribution in [0.5, 0.6) is 0 Å². The van der Waals surface area contributed by atoms with Gasteiger partial charge < -0.3 is 4.90 Å². The van der Waals surface area contributed by atoms with Crippen LogP contribution < -0.4 is 4.90 Å².